The molecule has 3 N–H and O–H groups in total. The third kappa shape index (κ3) is 8.06. The molecule has 5 atom stereocenters. The van der Waals surface area contributed by atoms with Gasteiger partial charge in [0, 0.05) is 13.2 Å². The summed E-state index contributed by atoms with van der Waals surface area (Å²) in [6.45, 7) is 4.96. The first kappa shape index (κ1) is 31.6. The minimum absolute atomic E-state index is 0.0694. The zero-order chi connectivity index (χ0) is 29.6. The van der Waals surface area contributed by atoms with Crippen molar-refractivity contribution in [3.63, 3.8) is 0 Å². The van der Waals surface area contributed by atoms with Gasteiger partial charge in [0.1, 0.15) is 47.6 Å². The summed E-state index contributed by atoms with van der Waals surface area (Å²) in [5, 5.41) is 30.1. The highest BCUT2D eigenvalue weighted by atomic mass is 35.5. The van der Waals surface area contributed by atoms with Crippen LogP contribution in [-0.4, -0.2) is 84.4 Å². The number of carbonyl (C=O) groups is 2. The third-order valence-electron chi connectivity index (χ3n) is 5.93. The first-order chi connectivity index (χ1) is 18.9. The third-order valence-corrected chi connectivity index (χ3v) is 6.22. The van der Waals surface area contributed by atoms with Crippen LogP contribution in [-0.2, 0) is 36.8 Å². The lowest BCUT2D eigenvalue weighted by Gasteiger charge is -2.40. The van der Waals surface area contributed by atoms with Crippen LogP contribution in [0.3, 0.4) is 0 Å². The van der Waals surface area contributed by atoms with E-state index in [4.69, 9.17) is 40.0 Å². The zero-order valence-corrected chi connectivity index (χ0v) is 23.7. The molecule has 1 fully saturated rings. The van der Waals surface area contributed by atoms with Gasteiger partial charge in [-0.1, -0.05) is 35.9 Å². The normalized spacial score (nSPS) is 22.9. The van der Waals surface area contributed by atoms with Crippen LogP contribution in [0.25, 0.3) is 0 Å². The van der Waals surface area contributed by atoms with E-state index in [0.717, 1.165) is 11.1 Å². The number of hydrogen-bond acceptors (Lipinski definition) is 11. The number of ether oxygens (including phenoxy) is 6. The molecule has 1 aliphatic rings. The van der Waals surface area contributed by atoms with Gasteiger partial charge in [-0.25, -0.2) is 4.79 Å². The summed E-state index contributed by atoms with van der Waals surface area (Å²) in [6, 6.07) is 9.98. The number of esters is 2. The van der Waals surface area contributed by atoms with Crippen molar-refractivity contribution in [3.05, 3.63) is 58.1 Å². The highest BCUT2D eigenvalue weighted by molar-refractivity contribution is 6.32. The van der Waals surface area contributed by atoms with Gasteiger partial charge in [-0.05, 0) is 38.0 Å². The average molecular weight is 583 g/mol. The summed E-state index contributed by atoms with van der Waals surface area (Å²) < 4.78 is 32.5. The lowest BCUT2D eigenvalue weighted by molar-refractivity contribution is -0.293. The fraction of sp³-hybridized carbons (Fsp3) is 0.500. The Labute approximate surface area is 237 Å². The van der Waals surface area contributed by atoms with Crippen LogP contribution in [0.5, 0.6) is 11.5 Å². The van der Waals surface area contributed by atoms with Gasteiger partial charge in [0.05, 0.1) is 25.2 Å². The SMILES string of the molecule is COc1cc(OCc2cccc(CC(=O)OC(C)(C)C)c2)c(Cl)cc1C(=O)O[C@H]1[C@@H](OC)O[C@H](CO)[C@@H](O)[C@@H]1O. The minimum atomic E-state index is -1.59. The van der Waals surface area contributed by atoms with Crippen molar-refractivity contribution in [1.29, 1.82) is 0 Å². The van der Waals surface area contributed by atoms with Gasteiger partial charge in [-0.3, -0.25) is 4.79 Å². The number of rotatable bonds is 10. The van der Waals surface area contributed by atoms with E-state index in [2.05, 4.69) is 0 Å². The van der Waals surface area contributed by atoms with Gasteiger partial charge >= 0.3 is 11.9 Å². The van der Waals surface area contributed by atoms with Gasteiger partial charge in [-0.2, -0.15) is 0 Å². The maximum Gasteiger partial charge on any atom is 0.342 e. The molecule has 12 heteroatoms. The molecule has 0 saturated carbocycles. The van der Waals surface area contributed by atoms with E-state index >= 15 is 0 Å². The van der Waals surface area contributed by atoms with E-state index in [0.29, 0.717) is 0 Å². The minimum Gasteiger partial charge on any atom is -0.496 e. The molecule has 11 nitrogen and oxygen atoms in total. The number of halogens is 1. The van der Waals surface area contributed by atoms with Crippen molar-refractivity contribution in [1.82, 2.24) is 0 Å². The smallest absolute Gasteiger partial charge is 0.342 e. The lowest BCUT2D eigenvalue weighted by atomic mass is 9.99. The summed E-state index contributed by atoms with van der Waals surface area (Å²) in [5.74, 6) is -0.959. The fourth-order valence-corrected chi connectivity index (χ4v) is 4.29. The van der Waals surface area contributed by atoms with Crippen molar-refractivity contribution in [2.45, 2.75) is 70.1 Å². The van der Waals surface area contributed by atoms with Crippen LogP contribution in [0.1, 0.15) is 42.3 Å². The second-order valence-corrected chi connectivity index (χ2v) is 10.6. The first-order valence-corrected chi connectivity index (χ1v) is 12.9. The molecule has 1 saturated heterocycles. The summed E-state index contributed by atoms with van der Waals surface area (Å²) in [6.07, 6.45) is -6.75. The molecule has 0 amide bonds. The monoisotopic (exact) mass is 582 g/mol. The van der Waals surface area contributed by atoms with E-state index in [1.54, 1.807) is 26.8 Å². The number of benzene rings is 2. The molecule has 40 heavy (non-hydrogen) atoms. The maximum atomic E-state index is 13.0. The molecule has 3 rings (SSSR count). The van der Waals surface area contributed by atoms with Crippen LogP contribution in [0.4, 0.5) is 0 Å². The average Bonchev–Trinajstić information content (AvgIpc) is 2.89. The number of methoxy groups -OCH3 is 2. The maximum absolute atomic E-state index is 13.0. The Morgan fingerprint density at radius 1 is 1.02 bits per heavy atom. The number of aliphatic hydroxyl groups excluding tert-OH is 3. The molecule has 0 bridgehead atoms. The summed E-state index contributed by atoms with van der Waals surface area (Å²) in [4.78, 5) is 25.2. The molecule has 2 aromatic rings. The van der Waals surface area contributed by atoms with Crippen LogP contribution in [0, 0.1) is 0 Å². The number of hydrogen-bond donors (Lipinski definition) is 3. The predicted molar refractivity (Wildman–Crippen MR) is 142 cm³/mol. The Kier molecular flexibility index (Phi) is 10.8. The lowest BCUT2D eigenvalue weighted by Crippen LogP contribution is -2.60. The molecule has 0 aromatic heterocycles. The van der Waals surface area contributed by atoms with E-state index in [9.17, 15) is 24.9 Å². The molecule has 2 aromatic carbocycles. The zero-order valence-electron chi connectivity index (χ0n) is 23.0. The quantitative estimate of drug-likeness (QED) is 0.354. The summed E-state index contributed by atoms with van der Waals surface area (Å²) in [7, 11) is 2.61. The first-order valence-electron chi connectivity index (χ1n) is 12.5. The predicted octanol–water partition coefficient (Wildman–Crippen LogP) is 2.42. The van der Waals surface area contributed by atoms with Crippen molar-refractivity contribution >= 4 is 23.5 Å². The molecular weight excluding hydrogens is 548 g/mol. The molecule has 0 unspecified atom stereocenters. The topological polar surface area (TPSA) is 150 Å². The Balaban J connectivity index is 1.71. The Bertz CT molecular complexity index is 1180. The van der Waals surface area contributed by atoms with E-state index in [1.807, 2.05) is 18.2 Å². The number of carbonyl (C=O) groups excluding carboxylic acids is 2. The van der Waals surface area contributed by atoms with Gasteiger partial charge in [0.15, 0.2) is 12.4 Å². The second-order valence-electron chi connectivity index (χ2n) is 10.2. The molecule has 220 valence electrons. The van der Waals surface area contributed by atoms with Gasteiger partial charge in [-0.15, -0.1) is 0 Å². The van der Waals surface area contributed by atoms with Crippen LogP contribution < -0.4 is 9.47 Å². The van der Waals surface area contributed by atoms with Gasteiger partial charge < -0.3 is 43.7 Å². The molecule has 0 spiro atoms. The number of aliphatic hydroxyl groups is 3. The molecule has 0 aliphatic carbocycles. The largest absolute Gasteiger partial charge is 0.496 e. The highest BCUT2D eigenvalue weighted by Crippen LogP contribution is 2.35. The van der Waals surface area contributed by atoms with Crippen molar-refractivity contribution in [3.8, 4) is 11.5 Å². The fourth-order valence-electron chi connectivity index (χ4n) is 4.07. The summed E-state index contributed by atoms with van der Waals surface area (Å²) in [5.41, 5.74) is 0.887. The summed E-state index contributed by atoms with van der Waals surface area (Å²) >= 11 is 6.40. The van der Waals surface area contributed by atoms with Crippen LogP contribution in [0.2, 0.25) is 5.02 Å². The van der Waals surface area contributed by atoms with Crippen molar-refractivity contribution < 1.29 is 53.3 Å². The van der Waals surface area contributed by atoms with Crippen LogP contribution in [0.15, 0.2) is 36.4 Å². The standard InChI is InChI=1S/C28H35ClO11/c1-28(2,3)40-22(31)10-15-7-6-8-16(9-15)14-37-20-12-19(35-4)17(11-18(20)29)26(34)39-25-24(33)23(32)21(13-30)38-27(25)36-5/h6-9,11-12,21,23-25,27,30,32-33H,10,13-14H2,1-5H3/t21-,23-,24+,25-,27+/m1/s1. The Morgan fingerprint density at radius 3 is 2.35 bits per heavy atom. The van der Waals surface area contributed by atoms with Gasteiger partial charge in [0.25, 0.3) is 0 Å². The van der Waals surface area contributed by atoms with Crippen molar-refractivity contribution in [2.75, 3.05) is 20.8 Å². The Hall–Kier alpha value is -2.93. The van der Waals surface area contributed by atoms with Crippen molar-refractivity contribution in [2.24, 2.45) is 0 Å². The van der Waals surface area contributed by atoms with E-state index in [-0.39, 0.29) is 41.1 Å². The molecule has 0 radical (unpaired) electrons. The molecular formula is C28H35ClO11. The van der Waals surface area contributed by atoms with E-state index < -0.39 is 48.9 Å². The van der Waals surface area contributed by atoms with E-state index in [1.165, 1.54) is 26.4 Å². The highest BCUT2D eigenvalue weighted by Gasteiger charge is 2.47. The molecule has 1 heterocycles. The van der Waals surface area contributed by atoms with Gasteiger partial charge in [0.2, 0.25) is 0 Å². The molecule has 1 aliphatic heterocycles. The Morgan fingerprint density at radius 2 is 1.73 bits per heavy atom. The van der Waals surface area contributed by atoms with Crippen LogP contribution >= 0.6 is 11.6 Å². The second kappa shape index (κ2) is 13.6.